The van der Waals surface area contributed by atoms with Crippen molar-refractivity contribution in [3.8, 4) is 0 Å². The molecule has 0 radical (unpaired) electrons. The first-order chi connectivity index (χ1) is 34.5. The van der Waals surface area contributed by atoms with Crippen LogP contribution in [0.1, 0.15) is 348 Å². The van der Waals surface area contributed by atoms with Gasteiger partial charge < -0.3 is 14.2 Å². The summed E-state index contributed by atoms with van der Waals surface area (Å²) >= 11 is 0. The Hall–Kier alpha value is -2.11. The van der Waals surface area contributed by atoms with Crippen LogP contribution in [-0.2, 0) is 28.6 Å². The Labute approximate surface area is 436 Å². The summed E-state index contributed by atoms with van der Waals surface area (Å²) in [6.07, 6.45) is 70.3. The summed E-state index contributed by atoms with van der Waals surface area (Å²) in [7, 11) is 0. The molecule has 0 bridgehead atoms. The van der Waals surface area contributed by atoms with E-state index in [1.807, 2.05) is 0 Å². The summed E-state index contributed by atoms with van der Waals surface area (Å²) in [6.45, 7) is 6.69. The molecule has 70 heavy (non-hydrogen) atoms. The molecule has 1 unspecified atom stereocenters. The molecule has 0 saturated carbocycles. The second-order valence-corrected chi connectivity index (χ2v) is 21.3. The van der Waals surface area contributed by atoms with Crippen LogP contribution >= 0.6 is 0 Å². The SMILES string of the molecule is CCCCCCCCC/C=C\CCCCCCCCCC(=O)OCC(COC(=O)CCCCCCC/C=C\CCCCCCCCC)OC(=O)CCCCCCCCCCCCCCCCCCCC. The van der Waals surface area contributed by atoms with E-state index in [-0.39, 0.29) is 31.1 Å². The minimum atomic E-state index is -0.773. The third kappa shape index (κ3) is 56.8. The highest BCUT2D eigenvalue weighted by molar-refractivity contribution is 5.71. The van der Waals surface area contributed by atoms with Gasteiger partial charge in [-0.1, -0.05) is 283 Å². The van der Waals surface area contributed by atoms with Crippen LogP contribution in [0.15, 0.2) is 24.3 Å². The summed E-state index contributed by atoms with van der Waals surface area (Å²) in [5.74, 6) is -0.858. The normalized spacial score (nSPS) is 12.1. The second kappa shape index (κ2) is 59.5. The number of ether oxygens (including phenoxy) is 3. The zero-order valence-electron chi connectivity index (χ0n) is 47.3. The molecule has 6 nitrogen and oxygen atoms in total. The van der Waals surface area contributed by atoms with Gasteiger partial charge in [0.25, 0.3) is 0 Å². The Morgan fingerprint density at radius 2 is 0.471 bits per heavy atom. The van der Waals surface area contributed by atoms with Gasteiger partial charge in [0.05, 0.1) is 0 Å². The fraction of sp³-hybridized carbons (Fsp3) is 0.891. The van der Waals surface area contributed by atoms with Gasteiger partial charge in [-0.3, -0.25) is 14.4 Å². The number of unbranched alkanes of at least 4 members (excludes halogenated alkanes) is 43. The summed E-state index contributed by atoms with van der Waals surface area (Å²) in [4.78, 5) is 38.3. The lowest BCUT2D eigenvalue weighted by molar-refractivity contribution is -0.167. The molecule has 412 valence electrons. The average molecular weight is 986 g/mol. The number of esters is 3. The van der Waals surface area contributed by atoms with Gasteiger partial charge in [-0.25, -0.2) is 0 Å². The van der Waals surface area contributed by atoms with Crippen LogP contribution in [0.2, 0.25) is 0 Å². The molecule has 6 heteroatoms. The number of carbonyl (C=O) groups is 3. The van der Waals surface area contributed by atoms with E-state index in [1.54, 1.807) is 0 Å². The van der Waals surface area contributed by atoms with Crippen molar-refractivity contribution in [2.75, 3.05) is 13.2 Å². The van der Waals surface area contributed by atoms with E-state index in [0.29, 0.717) is 19.3 Å². The van der Waals surface area contributed by atoms with Gasteiger partial charge in [0, 0.05) is 19.3 Å². The molecule has 0 aliphatic heterocycles. The van der Waals surface area contributed by atoms with E-state index in [4.69, 9.17) is 14.2 Å². The van der Waals surface area contributed by atoms with Crippen LogP contribution in [0.5, 0.6) is 0 Å². The smallest absolute Gasteiger partial charge is 0.306 e. The van der Waals surface area contributed by atoms with Gasteiger partial charge in [0.1, 0.15) is 13.2 Å². The van der Waals surface area contributed by atoms with Crippen LogP contribution < -0.4 is 0 Å². The van der Waals surface area contributed by atoms with Crippen LogP contribution in [-0.4, -0.2) is 37.2 Å². The molecule has 0 rings (SSSR count). The summed E-state index contributed by atoms with van der Waals surface area (Å²) in [5, 5.41) is 0. The van der Waals surface area contributed by atoms with Gasteiger partial charge >= 0.3 is 17.9 Å². The molecule has 0 aromatic rings. The van der Waals surface area contributed by atoms with Gasteiger partial charge in [0.15, 0.2) is 6.10 Å². The largest absolute Gasteiger partial charge is 0.462 e. The lowest BCUT2D eigenvalue weighted by Crippen LogP contribution is -2.30. The number of rotatable bonds is 58. The fourth-order valence-electron chi connectivity index (χ4n) is 9.44. The lowest BCUT2D eigenvalue weighted by Gasteiger charge is -2.18. The van der Waals surface area contributed by atoms with Gasteiger partial charge in [-0.05, 0) is 70.6 Å². The molecule has 0 aliphatic rings. The van der Waals surface area contributed by atoms with Crippen LogP contribution in [0, 0.1) is 0 Å². The highest BCUT2D eigenvalue weighted by Crippen LogP contribution is 2.17. The zero-order chi connectivity index (χ0) is 50.7. The maximum absolute atomic E-state index is 12.9. The van der Waals surface area contributed by atoms with Gasteiger partial charge in [0.2, 0.25) is 0 Å². The van der Waals surface area contributed by atoms with Crippen LogP contribution in [0.4, 0.5) is 0 Å². The van der Waals surface area contributed by atoms with Gasteiger partial charge in [-0.15, -0.1) is 0 Å². The first-order valence-electron chi connectivity index (χ1n) is 31.3. The van der Waals surface area contributed by atoms with Gasteiger partial charge in [-0.2, -0.15) is 0 Å². The van der Waals surface area contributed by atoms with E-state index in [9.17, 15) is 14.4 Å². The topological polar surface area (TPSA) is 78.9 Å². The molecule has 0 aromatic heterocycles. The molecule has 0 amide bonds. The van der Waals surface area contributed by atoms with Crippen LogP contribution in [0.25, 0.3) is 0 Å². The third-order valence-corrected chi connectivity index (χ3v) is 14.2. The monoisotopic (exact) mass is 985 g/mol. The second-order valence-electron chi connectivity index (χ2n) is 21.3. The number of carbonyl (C=O) groups excluding carboxylic acids is 3. The third-order valence-electron chi connectivity index (χ3n) is 14.2. The number of allylic oxidation sites excluding steroid dienone is 4. The predicted octanol–water partition coefficient (Wildman–Crippen LogP) is 21.1. The van der Waals surface area contributed by atoms with Crippen molar-refractivity contribution in [1.29, 1.82) is 0 Å². The quantitative estimate of drug-likeness (QED) is 0.0261. The average Bonchev–Trinajstić information content (AvgIpc) is 3.36. The van der Waals surface area contributed by atoms with E-state index in [0.717, 1.165) is 64.2 Å². The molecular weight excluding hydrogens is 865 g/mol. The Kier molecular flexibility index (Phi) is 57.7. The summed E-state index contributed by atoms with van der Waals surface area (Å²) in [5.41, 5.74) is 0. The molecular formula is C64H120O6. The van der Waals surface area contributed by atoms with E-state index in [2.05, 4.69) is 45.1 Å². The predicted molar refractivity (Wildman–Crippen MR) is 303 cm³/mol. The van der Waals surface area contributed by atoms with Crippen molar-refractivity contribution in [2.45, 2.75) is 354 Å². The Bertz CT molecular complexity index is 1130. The summed E-state index contributed by atoms with van der Waals surface area (Å²) < 4.78 is 16.9. The summed E-state index contributed by atoms with van der Waals surface area (Å²) in [6, 6.07) is 0. The van der Waals surface area contributed by atoms with Crippen LogP contribution in [0.3, 0.4) is 0 Å². The van der Waals surface area contributed by atoms with E-state index >= 15 is 0 Å². The molecule has 0 N–H and O–H groups in total. The minimum absolute atomic E-state index is 0.0715. The van der Waals surface area contributed by atoms with Crippen molar-refractivity contribution in [3.63, 3.8) is 0 Å². The molecule has 0 fully saturated rings. The first-order valence-corrected chi connectivity index (χ1v) is 31.3. The Balaban J connectivity index is 4.34. The van der Waals surface area contributed by atoms with Crippen molar-refractivity contribution in [3.05, 3.63) is 24.3 Å². The molecule has 1 atom stereocenters. The van der Waals surface area contributed by atoms with E-state index < -0.39 is 6.10 Å². The van der Waals surface area contributed by atoms with Crippen molar-refractivity contribution in [2.24, 2.45) is 0 Å². The molecule has 0 saturated heterocycles. The standard InChI is InChI=1S/C64H120O6/c1-4-7-10-13-16-19-22-25-28-31-33-36-39-42-45-48-51-54-57-63(66)69-60-61(59-68-62(65)56-53-50-47-44-41-38-35-30-27-24-21-18-15-12-9-6-3)70-64(67)58-55-52-49-46-43-40-37-34-32-29-26-23-20-17-14-11-8-5-2/h28,30-31,35,61H,4-27,29,32-34,36-60H2,1-3H3/b31-28-,35-30-. The van der Waals surface area contributed by atoms with E-state index in [1.165, 1.54) is 244 Å². The minimum Gasteiger partial charge on any atom is -0.462 e. The number of hydrogen-bond acceptors (Lipinski definition) is 6. The van der Waals surface area contributed by atoms with Crippen molar-refractivity contribution in [1.82, 2.24) is 0 Å². The molecule has 0 aliphatic carbocycles. The first kappa shape index (κ1) is 67.9. The maximum Gasteiger partial charge on any atom is 0.306 e. The van der Waals surface area contributed by atoms with Crippen molar-refractivity contribution >= 4 is 17.9 Å². The highest BCUT2D eigenvalue weighted by atomic mass is 16.6. The number of hydrogen-bond donors (Lipinski definition) is 0. The molecule has 0 heterocycles. The maximum atomic E-state index is 12.9. The Morgan fingerprint density at radius 3 is 0.714 bits per heavy atom. The zero-order valence-corrected chi connectivity index (χ0v) is 47.3. The highest BCUT2D eigenvalue weighted by Gasteiger charge is 2.19. The fourth-order valence-corrected chi connectivity index (χ4v) is 9.44. The lowest BCUT2D eigenvalue weighted by atomic mass is 10.0. The van der Waals surface area contributed by atoms with Crippen molar-refractivity contribution < 1.29 is 28.6 Å². The Morgan fingerprint density at radius 1 is 0.271 bits per heavy atom. The molecule has 0 aromatic carbocycles. The molecule has 0 spiro atoms.